The molecular weight excluding hydrogens is 227 g/mol. The van der Waals surface area contributed by atoms with E-state index in [0.717, 1.165) is 16.8 Å². The number of nitrogens with zero attached hydrogens (tertiary/aromatic N) is 1. The van der Waals surface area contributed by atoms with Crippen molar-refractivity contribution >= 4 is 5.69 Å². The summed E-state index contributed by atoms with van der Waals surface area (Å²) in [6.45, 7) is 0.358. The van der Waals surface area contributed by atoms with Gasteiger partial charge < -0.3 is 10.6 Å². The van der Waals surface area contributed by atoms with Gasteiger partial charge in [-0.15, -0.1) is 0 Å². The molecule has 18 heavy (non-hydrogen) atoms. The smallest absolute Gasteiger partial charge is 0.131 e. The Morgan fingerprint density at radius 2 is 1.72 bits per heavy atom. The van der Waals surface area contributed by atoms with Crippen LogP contribution in [0.3, 0.4) is 0 Å². The maximum absolute atomic E-state index is 13.9. The van der Waals surface area contributed by atoms with E-state index in [-0.39, 0.29) is 5.82 Å². The largest absolute Gasteiger partial charge is 0.378 e. The predicted molar refractivity (Wildman–Crippen MR) is 74.1 cm³/mol. The Morgan fingerprint density at radius 1 is 1.06 bits per heavy atom. The first-order valence-corrected chi connectivity index (χ1v) is 5.88. The third-order valence-electron chi connectivity index (χ3n) is 2.96. The first kappa shape index (κ1) is 12.6. The molecule has 0 aliphatic carbocycles. The quantitative estimate of drug-likeness (QED) is 0.899. The zero-order valence-corrected chi connectivity index (χ0v) is 10.7. The Balaban J connectivity index is 2.36. The van der Waals surface area contributed by atoms with Crippen molar-refractivity contribution in [2.45, 2.75) is 6.54 Å². The van der Waals surface area contributed by atoms with E-state index >= 15 is 0 Å². The molecule has 2 aromatic carbocycles. The molecule has 0 saturated heterocycles. The van der Waals surface area contributed by atoms with Crippen molar-refractivity contribution in [1.29, 1.82) is 0 Å². The van der Waals surface area contributed by atoms with Crippen LogP contribution in [-0.4, -0.2) is 14.1 Å². The molecule has 2 aromatic rings. The second-order valence-electron chi connectivity index (χ2n) is 4.46. The van der Waals surface area contributed by atoms with Gasteiger partial charge in [0, 0.05) is 31.9 Å². The Morgan fingerprint density at radius 3 is 2.22 bits per heavy atom. The van der Waals surface area contributed by atoms with E-state index in [2.05, 4.69) is 0 Å². The summed E-state index contributed by atoms with van der Waals surface area (Å²) < 4.78 is 13.9. The van der Waals surface area contributed by atoms with Crippen LogP contribution in [0.5, 0.6) is 0 Å². The van der Waals surface area contributed by atoms with Crippen LogP contribution in [0.2, 0.25) is 0 Å². The first-order chi connectivity index (χ1) is 8.61. The lowest BCUT2D eigenvalue weighted by atomic mass is 10.0. The van der Waals surface area contributed by atoms with Crippen molar-refractivity contribution in [3.63, 3.8) is 0 Å². The van der Waals surface area contributed by atoms with E-state index in [1.54, 1.807) is 6.07 Å². The second-order valence-corrected chi connectivity index (χ2v) is 4.46. The molecule has 0 heterocycles. The Hall–Kier alpha value is -1.87. The summed E-state index contributed by atoms with van der Waals surface area (Å²) in [5.74, 6) is -0.226. The lowest BCUT2D eigenvalue weighted by molar-refractivity contribution is 0.629. The normalized spacial score (nSPS) is 10.4. The summed E-state index contributed by atoms with van der Waals surface area (Å²) in [5.41, 5.74) is 8.88. The average molecular weight is 244 g/mol. The van der Waals surface area contributed by atoms with Crippen LogP contribution in [0.4, 0.5) is 10.1 Å². The summed E-state index contributed by atoms with van der Waals surface area (Å²) in [4.78, 5) is 2.01. The van der Waals surface area contributed by atoms with Gasteiger partial charge in [-0.25, -0.2) is 4.39 Å². The molecule has 2 N–H and O–H groups in total. The van der Waals surface area contributed by atoms with Gasteiger partial charge in [-0.1, -0.05) is 24.3 Å². The molecule has 3 heteroatoms. The molecule has 94 valence electrons. The molecule has 2 nitrogen and oxygen atoms in total. The highest BCUT2D eigenvalue weighted by Crippen LogP contribution is 2.25. The molecule has 0 saturated carbocycles. The average Bonchev–Trinajstić information content (AvgIpc) is 2.38. The Labute approximate surface area is 107 Å². The molecule has 0 aromatic heterocycles. The fourth-order valence-corrected chi connectivity index (χ4v) is 1.86. The van der Waals surface area contributed by atoms with Crippen molar-refractivity contribution in [2.24, 2.45) is 5.73 Å². The van der Waals surface area contributed by atoms with Crippen LogP contribution < -0.4 is 10.6 Å². The van der Waals surface area contributed by atoms with Gasteiger partial charge in [0.2, 0.25) is 0 Å². The Bertz CT molecular complexity index is 533. The van der Waals surface area contributed by atoms with Gasteiger partial charge in [-0.3, -0.25) is 0 Å². The van der Waals surface area contributed by atoms with E-state index in [1.165, 1.54) is 6.07 Å². The van der Waals surface area contributed by atoms with Crippen molar-refractivity contribution in [3.05, 3.63) is 53.8 Å². The van der Waals surface area contributed by atoms with Gasteiger partial charge >= 0.3 is 0 Å². The highest BCUT2D eigenvalue weighted by Gasteiger charge is 2.06. The zero-order chi connectivity index (χ0) is 13.1. The zero-order valence-electron chi connectivity index (χ0n) is 10.7. The van der Waals surface area contributed by atoms with Gasteiger partial charge in [0.1, 0.15) is 5.82 Å². The fourth-order valence-electron chi connectivity index (χ4n) is 1.86. The van der Waals surface area contributed by atoms with Gasteiger partial charge in [0.25, 0.3) is 0 Å². The van der Waals surface area contributed by atoms with Crippen LogP contribution in [0.15, 0.2) is 42.5 Å². The van der Waals surface area contributed by atoms with Crippen molar-refractivity contribution < 1.29 is 4.39 Å². The van der Waals surface area contributed by atoms with E-state index in [1.807, 2.05) is 49.3 Å². The molecule has 0 bridgehead atoms. The third-order valence-corrected chi connectivity index (χ3v) is 2.96. The standard InChI is InChI=1S/C15H17FN2/c1-18(2)13-6-4-12(5-7-13)14-8-3-11(10-17)9-15(14)16/h3-9H,10,17H2,1-2H3. The van der Waals surface area contributed by atoms with Crippen LogP contribution >= 0.6 is 0 Å². The number of anilines is 1. The van der Waals surface area contributed by atoms with E-state index in [4.69, 9.17) is 5.73 Å². The minimum atomic E-state index is -0.226. The summed E-state index contributed by atoms with van der Waals surface area (Å²) in [7, 11) is 3.96. The number of hydrogen-bond donors (Lipinski definition) is 1. The Kier molecular flexibility index (Phi) is 3.63. The summed E-state index contributed by atoms with van der Waals surface area (Å²) >= 11 is 0. The molecule has 0 amide bonds. The number of halogens is 1. The van der Waals surface area contributed by atoms with E-state index < -0.39 is 0 Å². The van der Waals surface area contributed by atoms with Crippen molar-refractivity contribution in [2.75, 3.05) is 19.0 Å². The molecule has 0 fully saturated rings. The SMILES string of the molecule is CN(C)c1ccc(-c2ccc(CN)cc2F)cc1. The summed E-state index contributed by atoms with van der Waals surface area (Å²) in [6, 6.07) is 12.9. The monoisotopic (exact) mass is 244 g/mol. The molecule has 0 aliphatic rings. The minimum absolute atomic E-state index is 0.226. The van der Waals surface area contributed by atoms with Crippen LogP contribution in [-0.2, 0) is 6.54 Å². The highest BCUT2D eigenvalue weighted by molar-refractivity contribution is 5.67. The summed E-state index contributed by atoms with van der Waals surface area (Å²) in [5, 5.41) is 0. The predicted octanol–water partition coefficient (Wildman–Crippen LogP) is 3.02. The van der Waals surface area contributed by atoms with Gasteiger partial charge in [0.05, 0.1) is 0 Å². The molecular formula is C15H17FN2. The van der Waals surface area contributed by atoms with Crippen LogP contribution in [0.1, 0.15) is 5.56 Å². The molecule has 0 unspecified atom stereocenters. The lowest BCUT2D eigenvalue weighted by Crippen LogP contribution is -2.07. The third kappa shape index (κ3) is 2.51. The van der Waals surface area contributed by atoms with E-state index in [9.17, 15) is 4.39 Å². The topological polar surface area (TPSA) is 29.3 Å². The number of hydrogen-bond acceptors (Lipinski definition) is 2. The number of nitrogens with two attached hydrogens (primary N) is 1. The van der Waals surface area contributed by atoms with Gasteiger partial charge in [0.15, 0.2) is 0 Å². The second kappa shape index (κ2) is 5.19. The number of benzene rings is 2. The summed E-state index contributed by atoms with van der Waals surface area (Å²) in [6.07, 6.45) is 0. The molecule has 2 rings (SSSR count). The van der Waals surface area contributed by atoms with Crippen LogP contribution in [0.25, 0.3) is 11.1 Å². The lowest BCUT2D eigenvalue weighted by Gasteiger charge is -2.13. The van der Waals surface area contributed by atoms with Gasteiger partial charge in [-0.2, -0.15) is 0 Å². The molecule has 0 radical (unpaired) electrons. The number of rotatable bonds is 3. The maximum Gasteiger partial charge on any atom is 0.131 e. The first-order valence-electron chi connectivity index (χ1n) is 5.88. The fraction of sp³-hybridized carbons (Fsp3) is 0.200. The molecule has 0 spiro atoms. The molecule has 0 atom stereocenters. The van der Waals surface area contributed by atoms with Gasteiger partial charge in [-0.05, 0) is 29.3 Å². The minimum Gasteiger partial charge on any atom is -0.378 e. The van der Waals surface area contributed by atoms with E-state index in [0.29, 0.717) is 12.1 Å². The highest BCUT2D eigenvalue weighted by atomic mass is 19.1. The van der Waals surface area contributed by atoms with Crippen LogP contribution in [0, 0.1) is 5.82 Å². The molecule has 0 aliphatic heterocycles. The maximum atomic E-state index is 13.9. The van der Waals surface area contributed by atoms with Crippen molar-refractivity contribution in [3.8, 4) is 11.1 Å². The van der Waals surface area contributed by atoms with Crippen molar-refractivity contribution in [1.82, 2.24) is 0 Å².